The van der Waals surface area contributed by atoms with Crippen molar-refractivity contribution in [1.82, 2.24) is 14.4 Å². The van der Waals surface area contributed by atoms with Gasteiger partial charge >= 0.3 is 0 Å². The molecule has 6 nitrogen and oxygen atoms in total. The van der Waals surface area contributed by atoms with Gasteiger partial charge in [-0.05, 0) is 42.2 Å². The highest BCUT2D eigenvalue weighted by molar-refractivity contribution is 5.86. The van der Waals surface area contributed by atoms with Crippen molar-refractivity contribution in [3.05, 3.63) is 53.9 Å². The molecule has 0 aliphatic rings. The van der Waals surface area contributed by atoms with E-state index in [1.54, 1.807) is 12.0 Å². The van der Waals surface area contributed by atoms with Crippen LogP contribution in [0, 0.1) is 5.92 Å². The predicted octanol–water partition coefficient (Wildman–Crippen LogP) is 3.50. The molecule has 0 unspecified atom stereocenters. The molecule has 0 saturated heterocycles. The summed E-state index contributed by atoms with van der Waals surface area (Å²) in [7, 11) is 3.60. The molecule has 0 N–H and O–H groups in total. The van der Waals surface area contributed by atoms with Gasteiger partial charge in [0.1, 0.15) is 5.75 Å². The van der Waals surface area contributed by atoms with E-state index in [1.807, 2.05) is 66.0 Å². The van der Waals surface area contributed by atoms with Crippen LogP contribution in [-0.4, -0.2) is 52.9 Å². The van der Waals surface area contributed by atoms with Crippen LogP contribution in [0.25, 0.3) is 0 Å². The minimum Gasteiger partial charge on any atom is -0.497 e. The molecule has 0 fully saturated rings. The third-order valence-corrected chi connectivity index (χ3v) is 5.03. The number of amides is 2. The van der Waals surface area contributed by atoms with Crippen molar-refractivity contribution in [3.63, 3.8) is 0 Å². The van der Waals surface area contributed by atoms with Gasteiger partial charge in [0, 0.05) is 32.0 Å². The molecule has 0 atom stereocenters. The molecule has 0 saturated carbocycles. The normalized spacial score (nSPS) is 10.9. The Labute approximate surface area is 180 Å². The fourth-order valence-electron chi connectivity index (χ4n) is 3.41. The van der Waals surface area contributed by atoms with E-state index >= 15 is 0 Å². The smallest absolute Gasteiger partial charge is 0.242 e. The summed E-state index contributed by atoms with van der Waals surface area (Å²) in [5.74, 6) is 1.07. The molecule has 0 spiro atoms. The number of carbonyl (C=O) groups is 2. The Morgan fingerprint density at radius 1 is 1.07 bits per heavy atom. The van der Waals surface area contributed by atoms with Gasteiger partial charge in [-0.25, -0.2) is 0 Å². The molecule has 2 amide bonds. The van der Waals surface area contributed by atoms with Gasteiger partial charge in [-0.1, -0.05) is 32.9 Å². The topological polar surface area (TPSA) is 54.8 Å². The number of ether oxygens (including phenoxy) is 1. The maximum atomic E-state index is 13.1. The first-order valence-corrected chi connectivity index (χ1v) is 10.6. The lowest BCUT2D eigenvalue weighted by Gasteiger charge is -2.29. The van der Waals surface area contributed by atoms with Crippen molar-refractivity contribution in [2.45, 2.75) is 40.2 Å². The van der Waals surface area contributed by atoms with Crippen molar-refractivity contribution in [2.24, 2.45) is 13.0 Å². The first-order valence-electron chi connectivity index (χ1n) is 10.6. The number of methoxy groups -OCH3 is 1. The zero-order valence-electron chi connectivity index (χ0n) is 18.9. The number of carbonyl (C=O) groups excluding carboxylic acids is 2. The van der Waals surface area contributed by atoms with Crippen molar-refractivity contribution in [2.75, 3.05) is 26.7 Å². The van der Waals surface area contributed by atoms with Crippen molar-refractivity contribution in [1.29, 1.82) is 0 Å². The van der Waals surface area contributed by atoms with Gasteiger partial charge in [-0.3, -0.25) is 9.59 Å². The summed E-state index contributed by atoms with van der Waals surface area (Å²) in [5.41, 5.74) is 1.99. The van der Waals surface area contributed by atoms with Crippen LogP contribution in [0.3, 0.4) is 0 Å². The molecule has 0 aliphatic carbocycles. The average molecular weight is 414 g/mol. The molecule has 30 heavy (non-hydrogen) atoms. The van der Waals surface area contributed by atoms with Gasteiger partial charge < -0.3 is 19.1 Å². The summed E-state index contributed by atoms with van der Waals surface area (Å²) < 4.78 is 7.20. The predicted molar refractivity (Wildman–Crippen MR) is 119 cm³/mol. The van der Waals surface area contributed by atoms with Crippen molar-refractivity contribution < 1.29 is 14.3 Å². The third-order valence-electron chi connectivity index (χ3n) is 5.03. The van der Waals surface area contributed by atoms with Crippen LogP contribution in [0.2, 0.25) is 0 Å². The molecule has 164 valence electrons. The second kappa shape index (κ2) is 11.4. The van der Waals surface area contributed by atoms with E-state index in [0.717, 1.165) is 23.4 Å². The third kappa shape index (κ3) is 6.94. The second-order valence-corrected chi connectivity index (χ2v) is 8.12. The fraction of sp³-hybridized carbons (Fsp3) is 0.500. The Balaban J connectivity index is 2.07. The summed E-state index contributed by atoms with van der Waals surface area (Å²) in [6.07, 6.45) is 3.07. The summed E-state index contributed by atoms with van der Waals surface area (Å²) in [6, 6.07) is 11.5. The van der Waals surface area contributed by atoms with Gasteiger partial charge in [-0.2, -0.15) is 0 Å². The molecule has 2 rings (SSSR count). The van der Waals surface area contributed by atoms with Crippen LogP contribution in [0.4, 0.5) is 0 Å². The van der Waals surface area contributed by atoms with Crippen LogP contribution < -0.4 is 4.74 Å². The van der Waals surface area contributed by atoms with Crippen LogP contribution in [0.15, 0.2) is 42.6 Å². The molecule has 1 aromatic heterocycles. The maximum absolute atomic E-state index is 13.1. The van der Waals surface area contributed by atoms with Gasteiger partial charge in [0.05, 0.1) is 26.6 Å². The largest absolute Gasteiger partial charge is 0.497 e. The van der Waals surface area contributed by atoms with Crippen molar-refractivity contribution in [3.8, 4) is 5.75 Å². The Morgan fingerprint density at radius 2 is 1.77 bits per heavy atom. The lowest BCUT2D eigenvalue weighted by molar-refractivity contribution is -0.141. The Morgan fingerprint density at radius 3 is 2.30 bits per heavy atom. The van der Waals surface area contributed by atoms with E-state index in [2.05, 4.69) is 13.8 Å². The first-order chi connectivity index (χ1) is 14.3. The molecule has 2 aromatic rings. The highest BCUT2D eigenvalue weighted by Gasteiger charge is 2.22. The molecule has 0 aliphatic heterocycles. The molecular weight excluding hydrogens is 378 g/mol. The average Bonchev–Trinajstić information content (AvgIpc) is 3.11. The lowest BCUT2D eigenvalue weighted by atomic mass is 10.1. The van der Waals surface area contributed by atoms with Crippen LogP contribution in [0.1, 0.15) is 38.4 Å². The minimum atomic E-state index is -0.0290. The van der Waals surface area contributed by atoms with E-state index in [9.17, 15) is 9.59 Å². The molecule has 0 bridgehead atoms. The maximum Gasteiger partial charge on any atom is 0.242 e. The number of aromatic nitrogens is 1. The van der Waals surface area contributed by atoms with E-state index in [1.165, 1.54) is 0 Å². The number of aryl methyl sites for hydroxylation is 1. The fourth-order valence-corrected chi connectivity index (χ4v) is 3.41. The monoisotopic (exact) mass is 413 g/mol. The van der Waals surface area contributed by atoms with Gasteiger partial charge in [0.15, 0.2) is 0 Å². The standard InChI is InChI=1S/C24H35N3O3/c1-6-13-26(23(28)15-20-9-11-22(30-5)12-10-20)18-24(29)27(16-19(2)3)17-21-8-7-14-25(21)4/h7-12,14,19H,6,13,15-18H2,1-5H3. The van der Waals surface area contributed by atoms with Crippen LogP contribution >= 0.6 is 0 Å². The van der Waals surface area contributed by atoms with Crippen LogP contribution in [-0.2, 0) is 29.6 Å². The Bertz CT molecular complexity index is 811. The van der Waals surface area contributed by atoms with Crippen molar-refractivity contribution >= 4 is 11.8 Å². The molecule has 1 heterocycles. The Hall–Kier alpha value is -2.76. The van der Waals surface area contributed by atoms with E-state index < -0.39 is 0 Å². The number of rotatable bonds is 11. The zero-order chi connectivity index (χ0) is 22.1. The highest BCUT2D eigenvalue weighted by atomic mass is 16.5. The van der Waals surface area contributed by atoms with Gasteiger partial charge in [-0.15, -0.1) is 0 Å². The minimum absolute atomic E-state index is 0.0126. The lowest BCUT2D eigenvalue weighted by Crippen LogP contribution is -2.44. The molecule has 0 radical (unpaired) electrons. The van der Waals surface area contributed by atoms with E-state index in [4.69, 9.17) is 4.74 Å². The summed E-state index contributed by atoms with van der Waals surface area (Å²) >= 11 is 0. The second-order valence-electron chi connectivity index (χ2n) is 8.12. The Kier molecular flexibility index (Phi) is 8.96. The molecular formula is C24H35N3O3. The molecule has 1 aromatic carbocycles. The SMILES string of the molecule is CCCN(CC(=O)N(Cc1cccn1C)CC(C)C)C(=O)Cc1ccc(OC)cc1. The molecule has 6 heteroatoms. The zero-order valence-corrected chi connectivity index (χ0v) is 18.9. The summed E-state index contributed by atoms with van der Waals surface area (Å²) in [4.78, 5) is 29.6. The van der Waals surface area contributed by atoms with Gasteiger partial charge in [0.2, 0.25) is 11.8 Å². The quantitative estimate of drug-likeness (QED) is 0.567. The van der Waals surface area contributed by atoms with Crippen LogP contribution in [0.5, 0.6) is 5.75 Å². The number of hydrogen-bond acceptors (Lipinski definition) is 3. The summed E-state index contributed by atoms with van der Waals surface area (Å²) in [6.45, 7) is 8.12. The number of nitrogens with zero attached hydrogens (tertiary/aromatic N) is 3. The summed E-state index contributed by atoms with van der Waals surface area (Å²) in [5, 5.41) is 0. The first kappa shape index (κ1) is 23.5. The number of hydrogen-bond donors (Lipinski definition) is 0. The number of benzene rings is 1. The van der Waals surface area contributed by atoms with E-state index in [0.29, 0.717) is 25.6 Å². The van der Waals surface area contributed by atoms with Gasteiger partial charge in [0.25, 0.3) is 0 Å². The highest BCUT2D eigenvalue weighted by Crippen LogP contribution is 2.14. The van der Waals surface area contributed by atoms with E-state index in [-0.39, 0.29) is 24.8 Å².